The van der Waals surface area contributed by atoms with Crippen LogP contribution in [-0.4, -0.2) is 16.7 Å². The number of aliphatic hydroxyl groups excluding tert-OH is 1. The maximum Gasteiger partial charge on any atom is 0.123 e. The molecule has 21 heavy (non-hydrogen) atoms. The van der Waals surface area contributed by atoms with Gasteiger partial charge >= 0.3 is 0 Å². The molecule has 1 radical (unpaired) electrons. The van der Waals surface area contributed by atoms with Crippen LogP contribution in [0.5, 0.6) is 0 Å². The van der Waals surface area contributed by atoms with E-state index >= 15 is 0 Å². The Kier molecular flexibility index (Phi) is 6.35. The van der Waals surface area contributed by atoms with Crippen LogP contribution in [0.4, 0.5) is 4.39 Å². The number of hydrogen-bond acceptors (Lipinski definition) is 2. The molecule has 2 nitrogen and oxygen atoms in total. The molecule has 1 atom stereocenters. The molecule has 0 aliphatic heterocycles. The highest BCUT2D eigenvalue weighted by molar-refractivity contribution is 5.19. The smallest absolute Gasteiger partial charge is 0.123 e. The van der Waals surface area contributed by atoms with Crippen LogP contribution in [-0.2, 0) is 6.42 Å². The second kappa shape index (κ2) is 8.53. The summed E-state index contributed by atoms with van der Waals surface area (Å²) in [5.41, 5.74) is 2.30. The van der Waals surface area contributed by atoms with Crippen molar-refractivity contribution in [2.75, 3.05) is 6.61 Å². The zero-order valence-corrected chi connectivity index (χ0v) is 12.1. The van der Waals surface area contributed by atoms with E-state index in [4.69, 9.17) is 0 Å². The monoisotopic (exact) mass is 286 g/mol. The minimum Gasteiger partial charge on any atom is -0.396 e. The number of rotatable bonds is 8. The second-order valence-corrected chi connectivity index (χ2v) is 5.26. The number of aliphatic hydroxyl groups is 1. The molecule has 0 spiro atoms. The van der Waals surface area contributed by atoms with E-state index < -0.39 is 0 Å². The van der Waals surface area contributed by atoms with Gasteiger partial charge in [0.05, 0.1) is 0 Å². The highest BCUT2D eigenvalue weighted by Gasteiger charge is 2.09. The predicted octanol–water partition coefficient (Wildman–Crippen LogP) is 3.79. The molecule has 0 amide bonds. The Morgan fingerprint density at radius 1 is 1.05 bits per heavy atom. The Morgan fingerprint density at radius 2 is 1.76 bits per heavy atom. The van der Waals surface area contributed by atoms with E-state index in [1.807, 2.05) is 24.3 Å². The SMILES string of the molecule is OCCC(C[CH]c1ccncc1)CCc1ccc(F)cc1. The third kappa shape index (κ3) is 5.64. The van der Waals surface area contributed by atoms with Gasteiger partial charge in [-0.2, -0.15) is 0 Å². The molecule has 1 aromatic carbocycles. The van der Waals surface area contributed by atoms with Crippen LogP contribution in [0.15, 0.2) is 48.8 Å². The summed E-state index contributed by atoms with van der Waals surface area (Å²) in [6.07, 6.45) is 9.39. The van der Waals surface area contributed by atoms with Crippen LogP contribution in [0.2, 0.25) is 0 Å². The summed E-state index contributed by atoms with van der Waals surface area (Å²) in [7, 11) is 0. The van der Waals surface area contributed by atoms with Crippen molar-refractivity contribution < 1.29 is 9.50 Å². The summed E-state index contributed by atoms with van der Waals surface area (Å²) in [5.74, 6) is 0.241. The number of nitrogens with zero attached hydrogens (tertiary/aromatic N) is 1. The van der Waals surface area contributed by atoms with Gasteiger partial charge in [0, 0.05) is 19.0 Å². The van der Waals surface area contributed by atoms with Gasteiger partial charge in [-0.05, 0) is 73.4 Å². The molecule has 1 unspecified atom stereocenters. The molecule has 1 aromatic heterocycles. The van der Waals surface area contributed by atoms with E-state index in [0.29, 0.717) is 5.92 Å². The summed E-state index contributed by atoms with van der Waals surface area (Å²) in [5, 5.41) is 9.19. The van der Waals surface area contributed by atoms with Gasteiger partial charge in [-0.1, -0.05) is 12.1 Å². The summed E-state index contributed by atoms with van der Waals surface area (Å²) in [4.78, 5) is 4.00. The molecular formula is C18H21FNO. The third-order valence-corrected chi connectivity index (χ3v) is 3.68. The molecule has 1 N–H and O–H groups in total. The fourth-order valence-corrected chi connectivity index (χ4v) is 2.39. The van der Waals surface area contributed by atoms with Crippen molar-refractivity contribution in [1.29, 1.82) is 0 Å². The molecule has 2 rings (SSSR count). The van der Waals surface area contributed by atoms with Gasteiger partial charge in [-0.3, -0.25) is 4.98 Å². The Balaban J connectivity index is 1.82. The van der Waals surface area contributed by atoms with Crippen LogP contribution in [0, 0.1) is 18.2 Å². The first-order chi connectivity index (χ1) is 10.3. The maximum absolute atomic E-state index is 12.9. The van der Waals surface area contributed by atoms with Crippen LogP contribution < -0.4 is 0 Å². The van der Waals surface area contributed by atoms with Crippen LogP contribution >= 0.6 is 0 Å². The normalized spacial score (nSPS) is 12.3. The van der Waals surface area contributed by atoms with Crippen LogP contribution in [0.25, 0.3) is 0 Å². The molecule has 111 valence electrons. The largest absolute Gasteiger partial charge is 0.396 e. The molecule has 0 aliphatic carbocycles. The molecule has 3 heteroatoms. The minimum absolute atomic E-state index is 0.198. The molecule has 2 aromatic rings. The summed E-state index contributed by atoms with van der Waals surface area (Å²) in [6.45, 7) is 0.207. The fourth-order valence-electron chi connectivity index (χ4n) is 2.39. The first-order valence-corrected chi connectivity index (χ1v) is 7.36. The Bertz CT molecular complexity index is 513. The van der Waals surface area contributed by atoms with E-state index in [2.05, 4.69) is 11.4 Å². The molecule has 0 saturated heterocycles. The van der Waals surface area contributed by atoms with Gasteiger partial charge in [0.15, 0.2) is 0 Å². The van der Waals surface area contributed by atoms with E-state index in [9.17, 15) is 9.50 Å². The van der Waals surface area contributed by atoms with Crippen molar-refractivity contribution in [3.05, 3.63) is 72.2 Å². The lowest BCUT2D eigenvalue weighted by molar-refractivity contribution is 0.251. The van der Waals surface area contributed by atoms with Gasteiger partial charge in [0.1, 0.15) is 5.82 Å². The fraction of sp³-hybridized carbons (Fsp3) is 0.333. The topological polar surface area (TPSA) is 33.1 Å². The van der Waals surface area contributed by atoms with Gasteiger partial charge in [-0.25, -0.2) is 4.39 Å². The zero-order chi connectivity index (χ0) is 14.9. The molecular weight excluding hydrogens is 265 g/mol. The van der Waals surface area contributed by atoms with E-state index in [1.165, 1.54) is 12.1 Å². The number of benzene rings is 1. The highest BCUT2D eigenvalue weighted by Crippen LogP contribution is 2.20. The third-order valence-electron chi connectivity index (χ3n) is 3.68. The molecule has 0 saturated carbocycles. The van der Waals surface area contributed by atoms with Crippen molar-refractivity contribution in [3.8, 4) is 0 Å². The van der Waals surface area contributed by atoms with E-state index in [1.54, 1.807) is 12.4 Å². The highest BCUT2D eigenvalue weighted by atomic mass is 19.1. The quantitative estimate of drug-likeness (QED) is 0.801. The average Bonchev–Trinajstić information content (AvgIpc) is 2.52. The van der Waals surface area contributed by atoms with Crippen LogP contribution in [0.3, 0.4) is 0 Å². The van der Waals surface area contributed by atoms with Crippen molar-refractivity contribution >= 4 is 0 Å². The standard InChI is InChI=1S/C18H21FNO/c19-18-7-5-15(6-8-18)1-2-16(11-14-21)3-4-17-9-12-20-13-10-17/h4-10,12-13,16,21H,1-3,11,14H2. The predicted molar refractivity (Wildman–Crippen MR) is 82.2 cm³/mol. The molecule has 0 bridgehead atoms. The zero-order valence-electron chi connectivity index (χ0n) is 12.1. The van der Waals surface area contributed by atoms with Crippen molar-refractivity contribution in [2.24, 2.45) is 5.92 Å². The van der Waals surface area contributed by atoms with E-state index in [-0.39, 0.29) is 12.4 Å². The van der Waals surface area contributed by atoms with Gasteiger partial charge < -0.3 is 5.11 Å². The Morgan fingerprint density at radius 3 is 2.43 bits per heavy atom. The maximum atomic E-state index is 12.9. The number of aromatic nitrogens is 1. The lowest BCUT2D eigenvalue weighted by Gasteiger charge is -2.15. The Hall–Kier alpha value is -1.74. The second-order valence-electron chi connectivity index (χ2n) is 5.26. The van der Waals surface area contributed by atoms with Crippen molar-refractivity contribution in [3.63, 3.8) is 0 Å². The van der Waals surface area contributed by atoms with Gasteiger partial charge in [0.2, 0.25) is 0 Å². The van der Waals surface area contributed by atoms with Crippen LogP contribution in [0.1, 0.15) is 30.4 Å². The van der Waals surface area contributed by atoms with Gasteiger partial charge in [0.25, 0.3) is 0 Å². The first-order valence-electron chi connectivity index (χ1n) is 7.36. The summed E-state index contributed by atoms with van der Waals surface area (Å²) < 4.78 is 12.9. The summed E-state index contributed by atoms with van der Waals surface area (Å²) >= 11 is 0. The molecule has 1 heterocycles. The number of hydrogen-bond donors (Lipinski definition) is 1. The van der Waals surface area contributed by atoms with Crippen molar-refractivity contribution in [2.45, 2.75) is 25.7 Å². The lowest BCUT2D eigenvalue weighted by atomic mass is 9.91. The molecule has 0 aliphatic rings. The first kappa shape index (κ1) is 15.6. The summed E-state index contributed by atoms with van der Waals surface area (Å²) in [6, 6.07) is 10.6. The minimum atomic E-state index is -0.198. The number of aryl methyl sites for hydroxylation is 1. The van der Waals surface area contributed by atoms with Gasteiger partial charge in [-0.15, -0.1) is 0 Å². The average molecular weight is 286 g/mol. The van der Waals surface area contributed by atoms with E-state index in [0.717, 1.165) is 36.8 Å². The number of halogens is 1. The Labute approximate surface area is 125 Å². The number of pyridine rings is 1. The lowest BCUT2D eigenvalue weighted by Crippen LogP contribution is -2.06. The van der Waals surface area contributed by atoms with Crippen molar-refractivity contribution in [1.82, 2.24) is 4.98 Å². The molecule has 0 fully saturated rings.